The van der Waals surface area contributed by atoms with Crippen molar-refractivity contribution in [1.29, 1.82) is 0 Å². The molecule has 4 heteroatoms. The van der Waals surface area contributed by atoms with Gasteiger partial charge in [0.15, 0.2) is 0 Å². The van der Waals surface area contributed by atoms with Crippen LogP contribution in [0.3, 0.4) is 0 Å². The van der Waals surface area contributed by atoms with Gasteiger partial charge in [0, 0.05) is 13.1 Å². The molecule has 2 N–H and O–H groups in total. The van der Waals surface area contributed by atoms with E-state index in [2.05, 4.69) is 6.07 Å². The first-order valence-corrected chi connectivity index (χ1v) is 5.66. The number of amides is 2. The first kappa shape index (κ1) is 10.8. The molecule has 1 aromatic rings. The van der Waals surface area contributed by atoms with Crippen molar-refractivity contribution >= 4 is 11.7 Å². The van der Waals surface area contributed by atoms with Crippen molar-refractivity contribution in [2.75, 3.05) is 18.1 Å². The Kier molecular flexibility index (Phi) is 2.99. The third kappa shape index (κ3) is 1.83. The van der Waals surface area contributed by atoms with Crippen LogP contribution < -0.4 is 10.7 Å². The number of hydrogen-bond donors (Lipinski definition) is 1. The fourth-order valence-corrected chi connectivity index (χ4v) is 2.21. The zero-order valence-corrected chi connectivity index (χ0v) is 9.52. The Bertz CT molecular complexity index is 392. The van der Waals surface area contributed by atoms with E-state index in [1.165, 1.54) is 5.56 Å². The lowest BCUT2D eigenvalue weighted by Gasteiger charge is -2.38. The number of nitrogens with zero attached hydrogens (tertiary/aromatic N) is 2. The number of hydrazine groups is 1. The largest absolute Gasteiger partial charge is 0.350 e. The number of nitrogens with two attached hydrogens (primary N) is 1. The van der Waals surface area contributed by atoms with Crippen molar-refractivity contribution in [3.05, 3.63) is 29.8 Å². The first-order valence-electron chi connectivity index (χ1n) is 5.66. The number of urea groups is 1. The fraction of sp³-hybridized carbons (Fsp3) is 0.417. The van der Waals surface area contributed by atoms with Crippen LogP contribution in [0.5, 0.6) is 0 Å². The third-order valence-corrected chi connectivity index (χ3v) is 2.93. The molecule has 0 saturated carbocycles. The van der Waals surface area contributed by atoms with Gasteiger partial charge in [-0.3, -0.25) is 5.01 Å². The number of para-hydroxylation sites is 1. The molecule has 0 atom stereocenters. The summed E-state index contributed by atoms with van der Waals surface area (Å²) in [5, 5.41) is 3.58. The van der Waals surface area contributed by atoms with Crippen molar-refractivity contribution in [3.63, 3.8) is 0 Å². The van der Waals surface area contributed by atoms with E-state index in [1.807, 2.05) is 30.1 Å². The zero-order chi connectivity index (χ0) is 11.5. The monoisotopic (exact) mass is 219 g/mol. The van der Waals surface area contributed by atoms with Gasteiger partial charge in [-0.05, 0) is 31.4 Å². The van der Waals surface area contributed by atoms with Gasteiger partial charge in [0.05, 0.1) is 5.69 Å². The predicted octanol–water partition coefficient (Wildman–Crippen LogP) is 1.75. The van der Waals surface area contributed by atoms with Gasteiger partial charge in [-0.15, -0.1) is 0 Å². The Balaban J connectivity index is 2.34. The lowest BCUT2D eigenvalue weighted by molar-refractivity contribution is 0.203. The highest BCUT2D eigenvalue weighted by atomic mass is 16.2. The molecule has 1 aliphatic rings. The Morgan fingerprint density at radius 3 is 2.94 bits per heavy atom. The molecule has 16 heavy (non-hydrogen) atoms. The number of fused-ring (bicyclic) bond motifs is 1. The quantitative estimate of drug-likeness (QED) is 0.824. The highest BCUT2D eigenvalue weighted by Crippen LogP contribution is 2.27. The van der Waals surface area contributed by atoms with E-state index in [9.17, 15) is 4.79 Å². The maximum absolute atomic E-state index is 11.3. The third-order valence-electron chi connectivity index (χ3n) is 2.93. The number of benzene rings is 1. The average molecular weight is 219 g/mol. The summed E-state index contributed by atoms with van der Waals surface area (Å²) in [6.45, 7) is 3.39. The van der Waals surface area contributed by atoms with Crippen LogP contribution in [0.25, 0.3) is 0 Å². The molecule has 0 fully saturated rings. The average Bonchev–Trinajstić information content (AvgIpc) is 2.30. The van der Waals surface area contributed by atoms with E-state index >= 15 is 0 Å². The van der Waals surface area contributed by atoms with Gasteiger partial charge in [-0.25, -0.2) is 9.80 Å². The van der Waals surface area contributed by atoms with E-state index in [-0.39, 0.29) is 6.03 Å². The van der Waals surface area contributed by atoms with Crippen LogP contribution in [0, 0.1) is 0 Å². The van der Waals surface area contributed by atoms with Gasteiger partial charge in [0.25, 0.3) is 0 Å². The van der Waals surface area contributed by atoms with Gasteiger partial charge in [-0.2, -0.15) is 0 Å². The maximum Gasteiger partial charge on any atom is 0.333 e. The summed E-state index contributed by atoms with van der Waals surface area (Å²) in [6, 6.07) is 7.78. The van der Waals surface area contributed by atoms with Crippen LogP contribution in [0.4, 0.5) is 10.5 Å². The molecule has 0 aliphatic carbocycles. The molecule has 1 aliphatic heterocycles. The molecule has 4 nitrogen and oxygen atoms in total. The number of aryl methyl sites for hydroxylation is 1. The van der Waals surface area contributed by atoms with E-state index in [4.69, 9.17) is 5.73 Å². The molecule has 0 unspecified atom stereocenters. The lowest BCUT2D eigenvalue weighted by Crippen LogP contribution is -2.51. The minimum atomic E-state index is -0.390. The SMILES string of the molecule is CCN(C(N)=O)N1CCCc2ccccc21. The summed E-state index contributed by atoms with van der Waals surface area (Å²) >= 11 is 0. The van der Waals surface area contributed by atoms with Crippen LogP contribution in [0.15, 0.2) is 24.3 Å². The number of carbonyl (C=O) groups is 1. The summed E-state index contributed by atoms with van der Waals surface area (Å²) in [7, 11) is 0. The molecule has 0 bridgehead atoms. The second-order valence-corrected chi connectivity index (χ2v) is 3.91. The predicted molar refractivity (Wildman–Crippen MR) is 64.1 cm³/mol. The van der Waals surface area contributed by atoms with Crippen LogP contribution in [-0.4, -0.2) is 24.1 Å². The number of hydrogen-bond acceptors (Lipinski definition) is 2. The number of rotatable bonds is 2. The van der Waals surface area contributed by atoms with Crippen molar-refractivity contribution < 1.29 is 4.79 Å². The molecule has 2 rings (SSSR count). The molecule has 0 aromatic heterocycles. The van der Waals surface area contributed by atoms with Gasteiger partial charge in [-0.1, -0.05) is 18.2 Å². The maximum atomic E-state index is 11.3. The highest BCUT2D eigenvalue weighted by molar-refractivity contribution is 5.75. The van der Waals surface area contributed by atoms with Crippen LogP contribution in [0.1, 0.15) is 18.9 Å². The zero-order valence-electron chi connectivity index (χ0n) is 9.52. The molecule has 1 heterocycles. The Morgan fingerprint density at radius 1 is 1.50 bits per heavy atom. The van der Waals surface area contributed by atoms with E-state index in [1.54, 1.807) is 5.01 Å². The fourth-order valence-electron chi connectivity index (χ4n) is 2.21. The topological polar surface area (TPSA) is 49.6 Å². The number of anilines is 1. The second kappa shape index (κ2) is 4.43. The molecule has 0 radical (unpaired) electrons. The van der Waals surface area contributed by atoms with Gasteiger partial charge >= 0.3 is 6.03 Å². The Hall–Kier alpha value is -1.71. The normalized spacial score (nSPS) is 14.4. The summed E-state index contributed by atoms with van der Waals surface area (Å²) < 4.78 is 0. The summed E-state index contributed by atoms with van der Waals surface area (Å²) in [4.78, 5) is 11.3. The highest BCUT2D eigenvalue weighted by Gasteiger charge is 2.23. The summed E-state index contributed by atoms with van der Waals surface area (Å²) in [5.74, 6) is 0. The minimum absolute atomic E-state index is 0.390. The minimum Gasteiger partial charge on any atom is -0.350 e. The van der Waals surface area contributed by atoms with E-state index in [0.29, 0.717) is 6.54 Å². The molecular weight excluding hydrogens is 202 g/mol. The number of primary amides is 1. The van der Waals surface area contributed by atoms with E-state index in [0.717, 1.165) is 25.1 Å². The van der Waals surface area contributed by atoms with Gasteiger partial charge in [0.1, 0.15) is 0 Å². The second-order valence-electron chi connectivity index (χ2n) is 3.91. The molecule has 1 aromatic carbocycles. The van der Waals surface area contributed by atoms with Crippen molar-refractivity contribution in [3.8, 4) is 0 Å². The lowest BCUT2D eigenvalue weighted by atomic mass is 10.0. The molecule has 2 amide bonds. The van der Waals surface area contributed by atoms with E-state index < -0.39 is 0 Å². The standard InChI is InChI=1S/C12H17N3O/c1-2-14(12(13)16)15-9-5-7-10-6-3-4-8-11(10)15/h3-4,6,8H,2,5,7,9H2,1H3,(H2,13,16). The summed E-state index contributed by atoms with van der Waals surface area (Å²) in [5.41, 5.74) is 7.77. The summed E-state index contributed by atoms with van der Waals surface area (Å²) in [6.07, 6.45) is 2.13. The molecule has 0 saturated heterocycles. The molecule has 86 valence electrons. The van der Waals surface area contributed by atoms with Crippen molar-refractivity contribution in [1.82, 2.24) is 5.01 Å². The first-order chi connectivity index (χ1) is 7.74. The van der Waals surface area contributed by atoms with Gasteiger partial charge in [0.2, 0.25) is 0 Å². The Labute approximate surface area is 95.6 Å². The van der Waals surface area contributed by atoms with Gasteiger partial charge < -0.3 is 5.73 Å². The molecule has 0 spiro atoms. The molecular formula is C12H17N3O. The van der Waals surface area contributed by atoms with Crippen LogP contribution in [0.2, 0.25) is 0 Å². The number of carbonyl (C=O) groups excluding carboxylic acids is 1. The van der Waals surface area contributed by atoms with Crippen molar-refractivity contribution in [2.24, 2.45) is 5.73 Å². The van der Waals surface area contributed by atoms with Crippen LogP contribution >= 0.6 is 0 Å². The van der Waals surface area contributed by atoms with Crippen LogP contribution in [-0.2, 0) is 6.42 Å². The van der Waals surface area contributed by atoms with Crippen molar-refractivity contribution in [2.45, 2.75) is 19.8 Å². The smallest absolute Gasteiger partial charge is 0.333 e. The Morgan fingerprint density at radius 2 is 2.25 bits per heavy atom.